The predicted molar refractivity (Wildman–Crippen MR) is 84.5 cm³/mol. The summed E-state index contributed by atoms with van der Waals surface area (Å²) in [5.74, 6) is 0.462. The Labute approximate surface area is 123 Å². The van der Waals surface area contributed by atoms with E-state index in [0.29, 0.717) is 12.3 Å². The summed E-state index contributed by atoms with van der Waals surface area (Å²) in [7, 11) is 3.05. The van der Waals surface area contributed by atoms with Gasteiger partial charge in [0.05, 0.1) is 0 Å². The lowest BCUT2D eigenvalue weighted by Gasteiger charge is -2.15. The van der Waals surface area contributed by atoms with Crippen molar-refractivity contribution in [3.8, 4) is 0 Å². The van der Waals surface area contributed by atoms with Crippen molar-refractivity contribution in [3.63, 3.8) is 0 Å². The van der Waals surface area contributed by atoms with Crippen molar-refractivity contribution in [3.05, 3.63) is 29.8 Å². The monoisotopic (exact) mass is 297 g/mol. The highest BCUT2D eigenvalue weighted by Gasteiger charge is 2.08. The molecule has 2 amide bonds. The Balaban J connectivity index is 2.44. The summed E-state index contributed by atoms with van der Waals surface area (Å²) in [6.45, 7) is 2.31. The standard InChI is InChI=1S/C14H23N3O2S/c1-11(10-20(4)19)16-14(18)15-9-12-6-5-7-13(8-12)17(2)3/h5-8,11H,9-10H2,1-4H3,(H2,15,16,18). The van der Waals surface area contributed by atoms with Gasteiger partial charge < -0.3 is 15.5 Å². The van der Waals surface area contributed by atoms with Gasteiger partial charge in [0.25, 0.3) is 0 Å². The number of amides is 2. The van der Waals surface area contributed by atoms with Crippen molar-refractivity contribution >= 4 is 22.5 Å². The van der Waals surface area contributed by atoms with Crippen LogP contribution >= 0.6 is 0 Å². The van der Waals surface area contributed by atoms with Gasteiger partial charge in [-0.15, -0.1) is 0 Å². The molecule has 0 heterocycles. The first kappa shape index (κ1) is 16.5. The molecule has 0 aromatic heterocycles. The second kappa shape index (κ2) is 7.89. The van der Waals surface area contributed by atoms with Gasteiger partial charge in [-0.1, -0.05) is 12.1 Å². The molecule has 1 rings (SSSR count). The summed E-state index contributed by atoms with van der Waals surface area (Å²) in [5, 5.41) is 5.57. The number of anilines is 1. The topological polar surface area (TPSA) is 61.4 Å². The summed E-state index contributed by atoms with van der Waals surface area (Å²) in [4.78, 5) is 13.7. The fraction of sp³-hybridized carbons (Fsp3) is 0.500. The van der Waals surface area contributed by atoms with Crippen molar-refractivity contribution in [2.24, 2.45) is 0 Å². The van der Waals surface area contributed by atoms with Gasteiger partial charge in [0.15, 0.2) is 0 Å². The molecular formula is C14H23N3O2S. The van der Waals surface area contributed by atoms with Crippen molar-refractivity contribution in [2.45, 2.75) is 19.5 Å². The second-order valence-corrected chi connectivity index (χ2v) is 6.51. The average Bonchev–Trinajstić information content (AvgIpc) is 2.35. The molecule has 1 aromatic carbocycles. The fourth-order valence-corrected chi connectivity index (χ4v) is 2.58. The highest BCUT2D eigenvalue weighted by Crippen LogP contribution is 2.12. The minimum atomic E-state index is -0.908. The first-order valence-electron chi connectivity index (χ1n) is 6.49. The highest BCUT2D eigenvalue weighted by atomic mass is 32.2. The third-order valence-corrected chi connectivity index (χ3v) is 3.71. The minimum absolute atomic E-state index is 0.103. The lowest BCUT2D eigenvalue weighted by atomic mass is 10.2. The van der Waals surface area contributed by atoms with Gasteiger partial charge in [-0.3, -0.25) is 4.21 Å². The maximum atomic E-state index is 11.7. The SMILES string of the molecule is CC(CS(C)=O)NC(=O)NCc1cccc(N(C)C)c1. The summed E-state index contributed by atoms with van der Waals surface area (Å²) in [6, 6.07) is 7.64. The number of carbonyl (C=O) groups is 1. The Morgan fingerprint density at radius 1 is 1.40 bits per heavy atom. The molecule has 112 valence electrons. The molecule has 20 heavy (non-hydrogen) atoms. The Kier molecular flexibility index (Phi) is 6.51. The van der Waals surface area contributed by atoms with E-state index in [1.165, 1.54) is 0 Å². The molecule has 0 fully saturated rings. The van der Waals surface area contributed by atoms with Crippen molar-refractivity contribution in [2.75, 3.05) is 31.0 Å². The molecule has 0 bridgehead atoms. The number of benzene rings is 1. The molecule has 1 aromatic rings. The van der Waals surface area contributed by atoms with E-state index in [-0.39, 0.29) is 12.1 Å². The van der Waals surface area contributed by atoms with E-state index < -0.39 is 10.8 Å². The van der Waals surface area contributed by atoms with Crippen molar-refractivity contribution in [1.29, 1.82) is 0 Å². The van der Waals surface area contributed by atoms with E-state index in [4.69, 9.17) is 0 Å². The Bertz CT molecular complexity index is 477. The largest absolute Gasteiger partial charge is 0.378 e. The summed E-state index contributed by atoms with van der Waals surface area (Å²) in [6.07, 6.45) is 1.63. The minimum Gasteiger partial charge on any atom is -0.378 e. The Hall–Kier alpha value is -1.56. The zero-order valence-corrected chi connectivity index (χ0v) is 13.3. The van der Waals surface area contributed by atoms with Gasteiger partial charge in [0, 0.05) is 55.2 Å². The predicted octanol–water partition coefficient (Wildman–Crippen LogP) is 1.32. The van der Waals surface area contributed by atoms with Crippen molar-refractivity contribution < 1.29 is 9.00 Å². The number of nitrogens with zero attached hydrogens (tertiary/aromatic N) is 1. The van der Waals surface area contributed by atoms with E-state index in [1.54, 1.807) is 6.26 Å². The molecule has 0 aliphatic carbocycles. The van der Waals surface area contributed by atoms with Crippen LogP contribution in [0.25, 0.3) is 0 Å². The third-order valence-electron chi connectivity index (χ3n) is 2.74. The number of nitrogens with one attached hydrogen (secondary N) is 2. The summed E-state index contributed by atoms with van der Waals surface area (Å²) >= 11 is 0. The van der Waals surface area contributed by atoms with E-state index in [2.05, 4.69) is 10.6 Å². The molecule has 5 nitrogen and oxygen atoms in total. The maximum absolute atomic E-state index is 11.7. The van der Waals surface area contributed by atoms with Crippen LogP contribution in [0.15, 0.2) is 24.3 Å². The molecule has 0 saturated carbocycles. The third kappa shape index (κ3) is 6.06. The molecule has 0 spiro atoms. The first-order valence-corrected chi connectivity index (χ1v) is 8.22. The lowest BCUT2D eigenvalue weighted by Crippen LogP contribution is -2.42. The molecule has 0 aliphatic heterocycles. The van der Waals surface area contributed by atoms with E-state index in [1.807, 2.05) is 50.2 Å². The van der Waals surface area contributed by atoms with Crippen LogP contribution in [0.1, 0.15) is 12.5 Å². The van der Waals surface area contributed by atoms with Crippen molar-refractivity contribution in [1.82, 2.24) is 10.6 Å². The molecule has 0 aliphatic rings. The zero-order valence-electron chi connectivity index (χ0n) is 12.5. The summed E-state index contributed by atoms with van der Waals surface area (Å²) in [5.41, 5.74) is 2.14. The van der Waals surface area contributed by atoms with Gasteiger partial charge in [-0.05, 0) is 24.6 Å². The maximum Gasteiger partial charge on any atom is 0.315 e. The molecule has 2 unspecified atom stereocenters. The molecule has 0 saturated heterocycles. The molecular weight excluding hydrogens is 274 g/mol. The smallest absolute Gasteiger partial charge is 0.315 e. The van der Waals surface area contributed by atoms with Gasteiger partial charge in [-0.2, -0.15) is 0 Å². The average molecular weight is 297 g/mol. The number of hydrogen-bond donors (Lipinski definition) is 2. The molecule has 6 heteroatoms. The highest BCUT2D eigenvalue weighted by molar-refractivity contribution is 7.84. The van der Waals surface area contributed by atoms with E-state index in [0.717, 1.165) is 11.3 Å². The Morgan fingerprint density at radius 2 is 2.10 bits per heavy atom. The van der Waals surface area contributed by atoms with Crippen LogP contribution in [-0.4, -0.2) is 42.4 Å². The van der Waals surface area contributed by atoms with E-state index >= 15 is 0 Å². The van der Waals surface area contributed by atoms with Gasteiger partial charge in [0.2, 0.25) is 0 Å². The number of carbonyl (C=O) groups excluding carboxylic acids is 1. The number of urea groups is 1. The quantitative estimate of drug-likeness (QED) is 0.832. The van der Waals surface area contributed by atoms with Crippen LogP contribution in [0.5, 0.6) is 0 Å². The number of rotatable bonds is 6. The molecule has 2 atom stereocenters. The Morgan fingerprint density at radius 3 is 2.70 bits per heavy atom. The zero-order chi connectivity index (χ0) is 15.1. The van der Waals surface area contributed by atoms with Crippen LogP contribution in [0.3, 0.4) is 0 Å². The van der Waals surface area contributed by atoms with E-state index in [9.17, 15) is 9.00 Å². The van der Waals surface area contributed by atoms with Gasteiger partial charge in [0.1, 0.15) is 0 Å². The van der Waals surface area contributed by atoms with Gasteiger partial charge in [-0.25, -0.2) is 4.79 Å². The lowest BCUT2D eigenvalue weighted by molar-refractivity contribution is 0.238. The number of hydrogen-bond acceptors (Lipinski definition) is 3. The van der Waals surface area contributed by atoms with Crippen LogP contribution in [0.2, 0.25) is 0 Å². The molecule has 2 N–H and O–H groups in total. The van der Waals surface area contributed by atoms with Crippen LogP contribution in [-0.2, 0) is 17.3 Å². The summed E-state index contributed by atoms with van der Waals surface area (Å²) < 4.78 is 11.1. The van der Waals surface area contributed by atoms with Gasteiger partial charge >= 0.3 is 6.03 Å². The van der Waals surface area contributed by atoms with Crippen LogP contribution < -0.4 is 15.5 Å². The first-order chi connectivity index (χ1) is 9.38. The second-order valence-electron chi connectivity index (χ2n) is 5.03. The fourth-order valence-electron chi connectivity index (χ4n) is 1.80. The molecule has 0 radical (unpaired) electrons. The van der Waals surface area contributed by atoms with Crippen LogP contribution in [0, 0.1) is 0 Å². The van der Waals surface area contributed by atoms with Crippen LogP contribution in [0.4, 0.5) is 10.5 Å². The normalized spacial score (nSPS) is 13.4.